The standard InChI is InChI=1S/C21H22N6/c1-4-15-12-18(26-21(24-15)17-9-5-6-11-22-17)23-13-19-25-16-10-7-8-14(2)20(16)27(19)3/h5-12H,4,13H2,1-3H3,(H,23,24,26). The van der Waals surface area contributed by atoms with E-state index in [0.717, 1.165) is 35.0 Å². The lowest BCUT2D eigenvalue weighted by Gasteiger charge is -2.09. The molecule has 3 heterocycles. The molecule has 4 aromatic rings. The summed E-state index contributed by atoms with van der Waals surface area (Å²) < 4.78 is 2.14. The van der Waals surface area contributed by atoms with Crippen LogP contribution in [0.15, 0.2) is 48.7 Å². The Kier molecular flexibility index (Phi) is 4.54. The van der Waals surface area contributed by atoms with E-state index in [0.29, 0.717) is 12.4 Å². The van der Waals surface area contributed by atoms with Gasteiger partial charge >= 0.3 is 0 Å². The molecule has 0 bridgehead atoms. The largest absolute Gasteiger partial charge is 0.363 e. The summed E-state index contributed by atoms with van der Waals surface area (Å²) in [5.74, 6) is 2.39. The van der Waals surface area contributed by atoms with Crippen LogP contribution in [0.2, 0.25) is 0 Å². The van der Waals surface area contributed by atoms with Gasteiger partial charge in [0, 0.05) is 25.0 Å². The number of hydrogen-bond acceptors (Lipinski definition) is 5. The van der Waals surface area contributed by atoms with Crippen LogP contribution in [0.4, 0.5) is 5.82 Å². The van der Waals surface area contributed by atoms with Gasteiger partial charge in [-0.05, 0) is 37.1 Å². The van der Waals surface area contributed by atoms with Crippen LogP contribution in [0.25, 0.3) is 22.6 Å². The molecule has 0 radical (unpaired) electrons. The quantitative estimate of drug-likeness (QED) is 0.586. The summed E-state index contributed by atoms with van der Waals surface area (Å²) >= 11 is 0. The van der Waals surface area contributed by atoms with E-state index in [9.17, 15) is 0 Å². The van der Waals surface area contributed by atoms with Gasteiger partial charge in [-0.1, -0.05) is 25.1 Å². The molecule has 3 aromatic heterocycles. The Morgan fingerprint density at radius 1 is 1.04 bits per heavy atom. The van der Waals surface area contributed by atoms with Crippen LogP contribution in [0.1, 0.15) is 24.0 Å². The molecule has 0 fully saturated rings. The Morgan fingerprint density at radius 3 is 2.67 bits per heavy atom. The first kappa shape index (κ1) is 17.1. The fourth-order valence-corrected chi connectivity index (χ4v) is 3.22. The number of pyridine rings is 1. The molecule has 0 aliphatic rings. The number of aryl methyl sites for hydroxylation is 3. The smallest absolute Gasteiger partial charge is 0.180 e. The van der Waals surface area contributed by atoms with Crippen molar-refractivity contribution in [2.45, 2.75) is 26.8 Å². The summed E-state index contributed by atoms with van der Waals surface area (Å²) in [6.45, 7) is 4.79. The molecule has 0 spiro atoms. The number of nitrogens with zero attached hydrogens (tertiary/aromatic N) is 5. The van der Waals surface area contributed by atoms with Crippen molar-refractivity contribution >= 4 is 16.9 Å². The van der Waals surface area contributed by atoms with E-state index >= 15 is 0 Å². The van der Waals surface area contributed by atoms with Crippen molar-refractivity contribution in [3.8, 4) is 11.5 Å². The van der Waals surface area contributed by atoms with E-state index in [4.69, 9.17) is 4.98 Å². The van der Waals surface area contributed by atoms with Gasteiger partial charge in [0.05, 0.1) is 17.6 Å². The fourth-order valence-electron chi connectivity index (χ4n) is 3.22. The van der Waals surface area contributed by atoms with Crippen molar-refractivity contribution in [1.29, 1.82) is 0 Å². The molecular formula is C21H22N6. The molecule has 136 valence electrons. The van der Waals surface area contributed by atoms with E-state index in [1.807, 2.05) is 36.4 Å². The van der Waals surface area contributed by atoms with E-state index in [1.165, 1.54) is 11.1 Å². The molecule has 1 N–H and O–H groups in total. The summed E-state index contributed by atoms with van der Waals surface area (Å²) in [6.07, 6.45) is 2.59. The fraction of sp³-hybridized carbons (Fsp3) is 0.238. The maximum Gasteiger partial charge on any atom is 0.180 e. The third-order valence-electron chi connectivity index (χ3n) is 4.65. The molecule has 0 unspecified atom stereocenters. The van der Waals surface area contributed by atoms with E-state index in [1.54, 1.807) is 6.20 Å². The van der Waals surface area contributed by atoms with Crippen molar-refractivity contribution in [3.05, 3.63) is 65.7 Å². The van der Waals surface area contributed by atoms with Crippen molar-refractivity contribution in [3.63, 3.8) is 0 Å². The van der Waals surface area contributed by atoms with Gasteiger partial charge in [-0.15, -0.1) is 0 Å². The van der Waals surface area contributed by atoms with Gasteiger partial charge in [0.15, 0.2) is 5.82 Å². The third-order valence-corrected chi connectivity index (χ3v) is 4.65. The monoisotopic (exact) mass is 358 g/mol. The van der Waals surface area contributed by atoms with Crippen LogP contribution in [-0.2, 0) is 20.0 Å². The number of para-hydroxylation sites is 1. The van der Waals surface area contributed by atoms with Crippen molar-refractivity contribution < 1.29 is 0 Å². The first-order valence-corrected chi connectivity index (χ1v) is 9.10. The van der Waals surface area contributed by atoms with Crippen LogP contribution in [-0.4, -0.2) is 24.5 Å². The summed E-state index contributed by atoms with van der Waals surface area (Å²) in [7, 11) is 2.05. The molecule has 0 amide bonds. The number of benzene rings is 1. The summed E-state index contributed by atoms with van der Waals surface area (Å²) in [4.78, 5) is 18.4. The minimum absolute atomic E-state index is 0.590. The Hall–Kier alpha value is -3.28. The minimum atomic E-state index is 0.590. The first-order chi connectivity index (χ1) is 13.2. The minimum Gasteiger partial charge on any atom is -0.363 e. The van der Waals surface area contributed by atoms with Gasteiger partial charge in [0.2, 0.25) is 0 Å². The third kappa shape index (κ3) is 3.38. The Morgan fingerprint density at radius 2 is 1.93 bits per heavy atom. The van der Waals surface area contributed by atoms with Gasteiger partial charge in [0.1, 0.15) is 17.3 Å². The molecule has 0 aliphatic heterocycles. The Labute approximate surface area is 158 Å². The lowest BCUT2D eigenvalue weighted by Crippen LogP contribution is -2.09. The second kappa shape index (κ2) is 7.15. The molecule has 6 heteroatoms. The number of rotatable bonds is 5. The molecule has 0 saturated carbocycles. The lowest BCUT2D eigenvalue weighted by molar-refractivity contribution is 0.829. The molecule has 0 saturated heterocycles. The SMILES string of the molecule is CCc1cc(NCc2nc3cccc(C)c3n2C)nc(-c2ccccn2)n1. The summed E-state index contributed by atoms with van der Waals surface area (Å²) in [5, 5.41) is 3.40. The summed E-state index contributed by atoms with van der Waals surface area (Å²) in [5.41, 5.74) is 5.16. The van der Waals surface area contributed by atoms with Crippen molar-refractivity contribution in [1.82, 2.24) is 24.5 Å². The van der Waals surface area contributed by atoms with Crippen molar-refractivity contribution in [2.75, 3.05) is 5.32 Å². The van der Waals surface area contributed by atoms with Gasteiger partial charge in [-0.25, -0.2) is 15.0 Å². The molecule has 4 rings (SSSR count). The zero-order chi connectivity index (χ0) is 18.8. The van der Waals surface area contributed by atoms with Gasteiger partial charge < -0.3 is 9.88 Å². The maximum atomic E-state index is 4.76. The first-order valence-electron chi connectivity index (χ1n) is 9.10. The molecule has 6 nitrogen and oxygen atoms in total. The lowest BCUT2D eigenvalue weighted by atomic mass is 10.2. The van der Waals surface area contributed by atoms with Gasteiger partial charge in [-0.3, -0.25) is 4.98 Å². The second-order valence-corrected chi connectivity index (χ2v) is 6.52. The number of imidazole rings is 1. The van der Waals surface area contributed by atoms with Gasteiger partial charge in [-0.2, -0.15) is 0 Å². The Bertz CT molecular complexity index is 1080. The number of nitrogens with one attached hydrogen (secondary N) is 1. The normalized spacial score (nSPS) is 11.1. The van der Waals surface area contributed by atoms with Crippen LogP contribution in [0.5, 0.6) is 0 Å². The zero-order valence-corrected chi connectivity index (χ0v) is 15.8. The number of hydrogen-bond donors (Lipinski definition) is 1. The van der Waals surface area contributed by atoms with E-state index < -0.39 is 0 Å². The number of fused-ring (bicyclic) bond motifs is 1. The van der Waals surface area contributed by atoms with Gasteiger partial charge in [0.25, 0.3) is 0 Å². The highest BCUT2D eigenvalue weighted by Gasteiger charge is 2.11. The second-order valence-electron chi connectivity index (χ2n) is 6.52. The van der Waals surface area contributed by atoms with Crippen molar-refractivity contribution in [2.24, 2.45) is 7.05 Å². The van der Waals surface area contributed by atoms with E-state index in [-0.39, 0.29) is 0 Å². The average molecular weight is 358 g/mol. The number of aromatic nitrogens is 5. The molecule has 0 atom stereocenters. The van der Waals surface area contributed by atoms with Crippen LogP contribution < -0.4 is 5.32 Å². The predicted octanol–water partition coefficient (Wildman–Crippen LogP) is 3.91. The molecular weight excluding hydrogens is 336 g/mol. The Balaban J connectivity index is 1.63. The van der Waals surface area contributed by atoms with Crippen LogP contribution >= 0.6 is 0 Å². The highest BCUT2D eigenvalue weighted by Crippen LogP contribution is 2.20. The van der Waals surface area contributed by atoms with Crippen LogP contribution in [0.3, 0.4) is 0 Å². The maximum absolute atomic E-state index is 4.76. The highest BCUT2D eigenvalue weighted by molar-refractivity contribution is 5.79. The zero-order valence-electron chi connectivity index (χ0n) is 15.8. The molecule has 0 aliphatic carbocycles. The average Bonchev–Trinajstić information content (AvgIpc) is 3.03. The topological polar surface area (TPSA) is 68.5 Å². The molecule has 1 aromatic carbocycles. The summed E-state index contributed by atoms with van der Waals surface area (Å²) in [6, 6.07) is 13.9. The predicted molar refractivity (Wildman–Crippen MR) is 107 cm³/mol. The number of anilines is 1. The van der Waals surface area contributed by atoms with Crippen LogP contribution in [0, 0.1) is 6.92 Å². The molecule has 27 heavy (non-hydrogen) atoms. The highest BCUT2D eigenvalue weighted by atomic mass is 15.1. The van der Waals surface area contributed by atoms with E-state index in [2.05, 4.69) is 51.8 Å².